The molecule has 0 spiro atoms. The summed E-state index contributed by atoms with van der Waals surface area (Å²) in [6.45, 7) is 8.67. The van der Waals surface area contributed by atoms with Crippen molar-refractivity contribution in [2.75, 3.05) is 6.54 Å². The summed E-state index contributed by atoms with van der Waals surface area (Å²) in [6, 6.07) is 0.432. The van der Waals surface area contributed by atoms with Gasteiger partial charge < -0.3 is 4.84 Å². The third-order valence-electron chi connectivity index (χ3n) is 2.61. The first kappa shape index (κ1) is 11.5. The smallest absolute Gasteiger partial charge is 0.330 e. The van der Waals surface area contributed by atoms with Gasteiger partial charge in [0.2, 0.25) is 0 Å². The van der Waals surface area contributed by atoms with Crippen LogP contribution >= 0.6 is 0 Å². The molecule has 1 fully saturated rings. The van der Waals surface area contributed by atoms with Gasteiger partial charge in [0.05, 0.1) is 5.41 Å². The Kier molecular flexibility index (Phi) is 3.53. The molecule has 0 bridgehead atoms. The highest BCUT2D eigenvalue weighted by molar-refractivity contribution is 5.75. The molecule has 0 amide bonds. The van der Waals surface area contributed by atoms with Crippen LogP contribution in [0, 0.1) is 5.41 Å². The molecule has 0 aromatic rings. The minimum absolute atomic E-state index is 0.127. The van der Waals surface area contributed by atoms with Crippen molar-refractivity contribution in [1.29, 1.82) is 0 Å². The lowest BCUT2D eigenvalue weighted by Crippen LogP contribution is -2.36. The second-order valence-electron chi connectivity index (χ2n) is 4.97. The fraction of sp³-hybridized carbons (Fsp3) is 0.909. The first-order valence-corrected chi connectivity index (χ1v) is 5.44. The monoisotopic (exact) mass is 199 g/mol. The molecule has 1 heterocycles. The lowest BCUT2D eigenvalue weighted by Gasteiger charge is -2.25. The van der Waals surface area contributed by atoms with Crippen molar-refractivity contribution in [2.45, 2.75) is 53.0 Å². The van der Waals surface area contributed by atoms with Gasteiger partial charge in [-0.05, 0) is 40.0 Å². The topological polar surface area (TPSA) is 29.5 Å². The molecule has 1 aliphatic rings. The fourth-order valence-electron chi connectivity index (χ4n) is 1.58. The highest BCUT2D eigenvalue weighted by Gasteiger charge is 2.31. The van der Waals surface area contributed by atoms with Gasteiger partial charge in [-0.1, -0.05) is 6.92 Å². The number of rotatable bonds is 2. The molecular formula is C11H21NO2. The predicted octanol–water partition coefficient (Wildman–Crippen LogP) is 2.37. The van der Waals surface area contributed by atoms with Crippen molar-refractivity contribution in [1.82, 2.24) is 5.06 Å². The molecule has 14 heavy (non-hydrogen) atoms. The zero-order chi connectivity index (χ0) is 10.8. The van der Waals surface area contributed by atoms with Crippen molar-refractivity contribution >= 4 is 5.97 Å². The first-order chi connectivity index (χ1) is 6.45. The van der Waals surface area contributed by atoms with Gasteiger partial charge in [-0.25, -0.2) is 4.79 Å². The Bertz CT molecular complexity index is 208. The molecule has 0 aromatic carbocycles. The number of hydrogen-bond acceptors (Lipinski definition) is 3. The van der Waals surface area contributed by atoms with E-state index in [1.54, 1.807) is 0 Å². The van der Waals surface area contributed by atoms with Crippen LogP contribution in [0.1, 0.15) is 47.0 Å². The van der Waals surface area contributed by atoms with E-state index >= 15 is 0 Å². The van der Waals surface area contributed by atoms with Crippen LogP contribution in [0.4, 0.5) is 0 Å². The Hall–Kier alpha value is -0.570. The second kappa shape index (κ2) is 4.30. The summed E-state index contributed by atoms with van der Waals surface area (Å²) in [4.78, 5) is 17.0. The minimum Gasteiger partial charge on any atom is -0.367 e. The van der Waals surface area contributed by atoms with Crippen LogP contribution in [-0.2, 0) is 9.63 Å². The summed E-state index contributed by atoms with van der Waals surface area (Å²) in [6.07, 6.45) is 3.33. The maximum atomic E-state index is 11.6. The molecule has 0 unspecified atom stereocenters. The Labute approximate surface area is 86.4 Å². The highest BCUT2D eigenvalue weighted by Crippen LogP contribution is 2.23. The van der Waals surface area contributed by atoms with Crippen LogP contribution in [0.2, 0.25) is 0 Å². The molecule has 3 heteroatoms. The Morgan fingerprint density at radius 2 is 2.14 bits per heavy atom. The van der Waals surface area contributed by atoms with E-state index in [2.05, 4.69) is 6.92 Å². The van der Waals surface area contributed by atoms with E-state index in [0.717, 1.165) is 25.8 Å². The van der Waals surface area contributed by atoms with E-state index in [4.69, 9.17) is 4.84 Å². The van der Waals surface area contributed by atoms with Crippen molar-refractivity contribution < 1.29 is 9.63 Å². The SMILES string of the molecule is CC[C@H]1CCCN1OC(=O)C(C)(C)C. The van der Waals surface area contributed by atoms with E-state index in [1.165, 1.54) is 0 Å². The summed E-state index contributed by atoms with van der Waals surface area (Å²) in [5.41, 5.74) is -0.402. The van der Waals surface area contributed by atoms with Gasteiger partial charge in [-0.3, -0.25) is 0 Å². The van der Waals surface area contributed by atoms with Crippen LogP contribution < -0.4 is 0 Å². The Morgan fingerprint density at radius 3 is 2.64 bits per heavy atom. The van der Waals surface area contributed by atoms with Crippen molar-refractivity contribution in [2.24, 2.45) is 5.41 Å². The summed E-state index contributed by atoms with van der Waals surface area (Å²) < 4.78 is 0. The summed E-state index contributed by atoms with van der Waals surface area (Å²) in [5.74, 6) is -0.127. The zero-order valence-electron chi connectivity index (χ0n) is 9.67. The lowest BCUT2D eigenvalue weighted by atomic mass is 9.98. The quantitative estimate of drug-likeness (QED) is 0.683. The molecule has 0 saturated carbocycles. The molecule has 0 aromatic heterocycles. The van der Waals surface area contributed by atoms with Gasteiger partial charge in [0.1, 0.15) is 0 Å². The van der Waals surface area contributed by atoms with E-state index in [9.17, 15) is 4.79 Å². The highest BCUT2D eigenvalue weighted by atomic mass is 16.7. The number of hydroxylamine groups is 2. The minimum atomic E-state index is -0.402. The van der Waals surface area contributed by atoms with Crippen molar-refractivity contribution in [3.63, 3.8) is 0 Å². The predicted molar refractivity (Wildman–Crippen MR) is 55.6 cm³/mol. The van der Waals surface area contributed by atoms with Gasteiger partial charge in [-0.15, -0.1) is 5.06 Å². The average molecular weight is 199 g/mol. The van der Waals surface area contributed by atoms with Crippen LogP contribution in [-0.4, -0.2) is 23.6 Å². The lowest BCUT2D eigenvalue weighted by molar-refractivity contribution is -0.204. The molecule has 82 valence electrons. The molecule has 0 N–H and O–H groups in total. The van der Waals surface area contributed by atoms with Gasteiger partial charge >= 0.3 is 5.97 Å². The number of carbonyl (C=O) groups excluding carboxylic acids is 1. The molecule has 1 atom stereocenters. The second-order valence-corrected chi connectivity index (χ2v) is 4.97. The van der Waals surface area contributed by atoms with Crippen molar-refractivity contribution in [3.05, 3.63) is 0 Å². The summed E-state index contributed by atoms with van der Waals surface area (Å²) in [7, 11) is 0. The molecule has 1 saturated heterocycles. The first-order valence-electron chi connectivity index (χ1n) is 5.44. The van der Waals surface area contributed by atoms with Crippen molar-refractivity contribution in [3.8, 4) is 0 Å². The van der Waals surface area contributed by atoms with Gasteiger partial charge in [0.25, 0.3) is 0 Å². The third kappa shape index (κ3) is 2.71. The molecule has 0 aliphatic carbocycles. The number of carbonyl (C=O) groups is 1. The third-order valence-corrected chi connectivity index (χ3v) is 2.61. The Morgan fingerprint density at radius 1 is 1.50 bits per heavy atom. The van der Waals surface area contributed by atoms with E-state index < -0.39 is 5.41 Å². The van der Waals surface area contributed by atoms with Crippen LogP contribution in [0.25, 0.3) is 0 Å². The molecule has 1 rings (SSSR count). The number of nitrogens with zero attached hydrogens (tertiary/aromatic N) is 1. The maximum absolute atomic E-state index is 11.6. The standard InChI is InChI=1S/C11H21NO2/c1-5-9-7-6-8-12(9)14-10(13)11(2,3)4/h9H,5-8H2,1-4H3/t9-/m0/s1. The van der Waals surface area contributed by atoms with Crippen LogP contribution in [0.3, 0.4) is 0 Å². The van der Waals surface area contributed by atoms with Crippen LogP contribution in [0.5, 0.6) is 0 Å². The normalized spacial score (nSPS) is 23.9. The van der Waals surface area contributed by atoms with E-state index in [0.29, 0.717) is 6.04 Å². The molecule has 0 radical (unpaired) electrons. The maximum Gasteiger partial charge on any atom is 0.330 e. The average Bonchev–Trinajstić information content (AvgIpc) is 2.50. The zero-order valence-corrected chi connectivity index (χ0v) is 9.67. The van der Waals surface area contributed by atoms with E-state index in [-0.39, 0.29) is 5.97 Å². The molecular weight excluding hydrogens is 178 g/mol. The molecule has 1 aliphatic heterocycles. The largest absolute Gasteiger partial charge is 0.367 e. The fourth-order valence-corrected chi connectivity index (χ4v) is 1.58. The van der Waals surface area contributed by atoms with Gasteiger partial charge in [0, 0.05) is 12.6 Å². The van der Waals surface area contributed by atoms with E-state index in [1.807, 2.05) is 25.8 Å². The van der Waals surface area contributed by atoms with Crippen LogP contribution in [0.15, 0.2) is 0 Å². The summed E-state index contributed by atoms with van der Waals surface area (Å²) in [5, 5.41) is 1.85. The number of hydrogen-bond donors (Lipinski definition) is 0. The van der Waals surface area contributed by atoms with Gasteiger partial charge in [-0.2, -0.15) is 0 Å². The Balaban J connectivity index is 2.48. The molecule has 3 nitrogen and oxygen atoms in total. The summed E-state index contributed by atoms with van der Waals surface area (Å²) >= 11 is 0. The van der Waals surface area contributed by atoms with Gasteiger partial charge in [0.15, 0.2) is 0 Å².